The van der Waals surface area contributed by atoms with E-state index in [-0.39, 0.29) is 12.6 Å². The van der Waals surface area contributed by atoms with Crippen LogP contribution in [0.5, 0.6) is 0 Å². The summed E-state index contributed by atoms with van der Waals surface area (Å²) in [6, 6.07) is 9.58. The molecule has 31 heavy (non-hydrogen) atoms. The van der Waals surface area contributed by atoms with Gasteiger partial charge in [-0.3, -0.25) is 14.4 Å². The highest BCUT2D eigenvalue weighted by Crippen LogP contribution is 2.43. The standard InChI is InChI=1S/C21H21N4O5P/c1-12-23-24-20(29-12)16-6-4-14(10-22-16)13-5-7-17-15(8-13)9-18-19(11-28-31(2,3)27)30-21(26)25(17)18/h4-8,10,18-19H,9,11H2,1-3H3. The SMILES string of the molecule is Cc1nnc(-c2ccc(-c3ccc4c(c3)CC3C(COP(C)(C)=O)OC(=O)N43)cn2)o1. The fraction of sp³-hybridized carbons (Fsp3) is 0.333. The number of pyridine rings is 1. The number of amides is 1. The van der Waals surface area contributed by atoms with E-state index < -0.39 is 19.6 Å². The summed E-state index contributed by atoms with van der Waals surface area (Å²) in [5, 5.41) is 7.81. The molecule has 1 saturated heterocycles. The number of carbonyl (C=O) groups excluding carboxylic acids is 1. The van der Waals surface area contributed by atoms with Crippen LogP contribution < -0.4 is 4.90 Å². The average molecular weight is 440 g/mol. The Morgan fingerprint density at radius 2 is 2.00 bits per heavy atom. The number of hydrogen-bond acceptors (Lipinski definition) is 8. The van der Waals surface area contributed by atoms with E-state index in [1.807, 2.05) is 24.3 Å². The Balaban J connectivity index is 1.37. The van der Waals surface area contributed by atoms with Gasteiger partial charge in [0.2, 0.25) is 5.89 Å². The normalized spacial score (nSPS) is 20.0. The number of aromatic nitrogens is 3. The molecule has 3 aromatic rings. The van der Waals surface area contributed by atoms with Gasteiger partial charge in [0.05, 0.1) is 18.3 Å². The third-order valence-electron chi connectivity index (χ3n) is 5.37. The van der Waals surface area contributed by atoms with Gasteiger partial charge in [0.25, 0.3) is 5.89 Å². The van der Waals surface area contributed by atoms with Crippen LogP contribution in [0.3, 0.4) is 0 Å². The maximum atomic E-state index is 12.4. The first kappa shape index (κ1) is 19.9. The third-order valence-corrected chi connectivity index (χ3v) is 6.14. The lowest BCUT2D eigenvalue weighted by atomic mass is 10.0. The van der Waals surface area contributed by atoms with Crippen LogP contribution in [-0.4, -0.2) is 53.4 Å². The minimum Gasteiger partial charge on any atom is -0.441 e. The summed E-state index contributed by atoms with van der Waals surface area (Å²) in [5.41, 5.74) is 4.44. The number of nitrogens with zero attached hydrogens (tertiary/aromatic N) is 4. The van der Waals surface area contributed by atoms with Gasteiger partial charge in [0.1, 0.15) is 11.8 Å². The lowest BCUT2D eigenvalue weighted by molar-refractivity contribution is 0.0935. The van der Waals surface area contributed by atoms with E-state index in [1.54, 1.807) is 31.4 Å². The Bertz CT molecular complexity index is 1200. The molecule has 5 rings (SSSR count). The van der Waals surface area contributed by atoms with Gasteiger partial charge in [-0.15, -0.1) is 10.2 Å². The van der Waals surface area contributed by atoms with Gasteiger partial charge in [0.15, 0.2) is 7.37 Å². The summed E-state index contributed by atoms with van der Waals surface area (Å²) in [7, 11) is -2.65. The van der Waals surface area contributed by atoms with Crippen LogP contribution >= 0.6 is 7.37 Å². The van der Waals surface area contributed by atoms with Gasteiger partial charge < -0.3 is 13.7 Å². The molecule has 0 saturated carbocycles. The van der Waals surface area contributed by atoms with Crippen LogP contribution in [0.1, 0.15) is 11.5 Å². The van der Waals surface area contributed by atoms with Crippen molar-refractivity contribution < 1.29 is 23.0 Å². The van der Waals surface area contributed by atoms with Crippen LogP contribution in [0.25, 0.3) is 22.7 Å². The number of rotatable bonds is 5. The zero-order chi connectivity index (χ0) is 21.8. The molecule has 160 valence electrons. The molecule has 0 bridgehead atoms. The molecule has 2 aliphatic rings. The highest BCUT2D eigenvalue weighted by molar-refractivity contribution is 7.57. The number of benzene rings is 1. The number of hydrogen-bond donors (Lipinski definition) is 0. The molecule has 0 radical (unpaired) electrons. The summed E-state index contributed by atoms with van der Waals surface area (Å²) < 4.78 is 28.2. The second-order valence-corrected chi connectivity index (χ2v) is 10.8. The first-order valence-electron chi connectivity index (χ1n) is 9.88. The second-order valence-electron chi connectivity index (χ2n) is 8.01. The zero-order valence-corrected chi connectivity index (χ0v) is 18.2. The van der Waals surface area contributed by atoms with Crippen molar-refractivity contribution in [3.8, 4) is 22.7 Å². The fourth-order valence-corrected chi connectivity index (χ4v) is 4.45. The molecule has 0 aliphatic carbocycles. The van der Waals surface area contributed by atoms with Crippen molar-refractivity contribution in [3.63, 3.8) is 0 Å². The first-order chi connectivity index (χ1) is 14.8. The number of ether oxygens (including phenoxy) is 1. The highest BCUT2D eigenvalue weighted by atomic mass is 31.2. The summed E-state index contributed by atoms with van der Waals surface area (Å²) in [4.78, 5) is 18.5. The van der Waals surface area contributed by atoms with Gasteiger partial charge in [0, 0.05) is 32.0 Å². The Labute approximate surface area is 178 Å². The molecular formula is C21H21N4O5P. The van der Waals surface area contributed by atoms with Crippen molar-refractivity contribution in [2.45, 2.75) is 25.5 Å². The quantitative estimate of drug-likeness (QED) is 0.550. The number of fused-ring (bicyclic) bond motifs is 3. The van der Waals surface area contributed by atoms with E-state index in [0.717, 1.165) is 22.4 Å². The van der Waals surface area contributed by atoms with E-state index in [9.17, 15) is 9.36 Å². The van der Waals surface area contributed by atoms with Gasteiger partial charge in [-0.25, -0.2) is 4.79 Å². The topological polar surface area (TPSA) is 108 Å². The molecule has 4 heterocycles. The molecule has 2 atom stereocenters. The Morgan fingerprint density at radius 1 is 1.19 bits per heavy atom. The lowest BCUT2D eigenvalue weighted by Crippen LogP contribution is -2.35. The Morgan fingerprint density at radius 3 is 2.68 bits per heavy atom. The van der Waals surface area contributed by atoms with E-state index in [0.29, 0.717) is 23.9 Å². The molecular weight excluding hydrogens is 419 g/mol. The molecule has 10 heteroatoms. The van der Waals surface area contributed by atoms with Crippen LogP contribution in [-0.2, 0) is 20.2 Å². The Hall–Kier alpha value is -3.03. The van der Waals surface area contributed by atoms with E-state index in [2.05, 4.69) is 21.2 Å². The van der Waals surface area contributed by atoms with Gasteiger partial charge >= 0.3 is 6.09 Å². The van der Waals surface area contributed by atoms with Crippen molar-refractivity contribution in [2.24, 2.45) is 0 Å². The number of aryl methyl sites for hydroxylation is 1. The summed E-state index contributed by atoms with van der Waals surface area (Å²) in [6.07, 6.45) is 1.56. The van der Waals surface area contributed by atoms with Crippen molar-refractivity contribution in [2.75, 3.05) is 24.8 Å². The maximum absolute atomic E-state index is 12.4. The third kappa shape index (κ3) is 3.75. The first-order valence-corrected chi connectivity index (χ1v) is 12.4. The zero-order valence-electron chi connectivity index (χ0n) is 17.3. The summed E-state index contributed by atoms with van der Waals surface area (Å²) in [5.74, 6) is 0.872. The van der Waals surface area contributed by atoms with Crippen molar-refractivity contribution in [3.05, 3.63) is 48.0 Å². The maximum Gasteiger partial charge on any atom is 0.415 e. The van der Waals surface area contributed by atoms with Crippen LogP contribution in [0.2, 0.25) is 0 Å². The molecule has 1 amide bonds. The van der Waals surface area contributed by atoms with Gasteiger partial charge in [-0.2, -0.15) is 0 Å². The molecule has 1 aromatic carbocycles. The van der Waals surface area contributed by atoms with Gasteiger partial charge in [-0.1, -0.05) is 12.1 Å². The minimum absolute atomic E-state index is 0.124. The number of carbonyl (C=O) groups is 1. The van der Waals surface area contributed by atoms with Crippen molar-refractivity contribution in [1.29, 1.82) is 0 Å². The number of cyclic esters (lactones) is 1. The largest absolute Gasteiger partial charge is 0.441 e. The van der Waals surface area contributed by atoms with E-state index >= 15 is 0 Å². The Kier molecular flexibility index (Phi) is 4.68. The van der Waals surface area contributed by atoms with Gasteiger partial charge in [-0.05, 0) is 35.7 Å². The summed E-state index contributed by atoms with van der Waals surface area (Å²) >= 11 is 0. The molecule has 2 unspecified atom stereocenters. The average Bonchev–Trinajstić information content (AvgIpc) is 3.41. The molecule has 0 N–H and O–H groups in total. The molecule has 1 fully saturated rings. The van der Waals surface area contributed by atoms with E-state index in [4.69, 9.17) is 13.7 Å². The van der Waals surface area contributed by atoms with Crippen molar-refractivity contribution in [1.82, 2.24) is 15.2 Å². The molecule has 9 nitrogen and oxygen atoms in total. The van der Waals surface area contributed by atoms with Crippen molar-refractivity contribution >= 4 is 19.1 Å². The smallest absolute Gasteiger partial charge is 0.415 e. The van der Waals surface area contributed by atoms with Crippen LogP contribution in [0.4, 0.5) is 10.5 Å². The molecule has 0 spiro atoms. The predicted molar refractivity (Wildman–Crippen MR) is 113 cm³/mol. The molecule has 2 aliphatic heterocycles. The predicted octanol–water partition coefficient (Wildman–Crippen LogP) is 3.91. The fourth-order valence-electron chi connectivity index (χ4n) is 3.94. The summed E-state index contributed by atoms with van der Waals surface area (Å²) in [6.45, 7) is 4.96. The van der Waals surface area contributed by atoms with Crippen LogP contribution in [0.15, 0.2) is 40.9 Å². The van der Waals surface area contributed by atoms with E-state index in [1.165, 1.54) is 0 Å². The monoisotopic (exact) mass is 440 g/mol. The minimum atomic E-state index is -2.65. The molecule has 2 aromatic heterocycles. The number of anilines is 1. The highest BCUT2D eigenvalue weighted by Gasteiger charge is 2.47. The van der Waals surface area contributed by atoms with Crippen LogP contribution in [0, 0.1) is 6.92 Å². The lowest BCUT2D eigenvalue weighted by Gasteiger charge is -2.17. The second kappa shape index (κ2) is 7.28.